The van der Waals surface area contributed by atoms with Crippen LogP contribution in [0.2, 0.25) is 0 Å². The molecule has 1 aromatic rings. The standard InChI is InChI=1S/C13H25N3O2/c1-7-13(8-2,18-6)12(14-3)11-10(17-5)9-15-16(11)4/h9,12,14H,7-8H2,1-6H3. The molecule has 1 heterocycles. The minimum atomic E-state index is -0.254. The van der Waals surface area contributed by atoms with Gasteiger partial charge in [0, 0.05) is 14.2 Å². The third-order valence-electron chi connectivity index (χ3n) is 3.86. The van der Waals surface area contributed by atoms with Crippen LogP contribution >= 0.6 is 0 Å². The Morgan fingerprint density at radius 1 is 1.39 bits per heavy atom. The maximum atomic E-state index is 5.81. The highest BCUT2D eigenvalue weighted by Gasteiger charge is 2.39. The van der Waals surface area contributed by atoms with E-state index in [1.54, 1.807) is 20.4 Å². The Kier molecular flexibility index (Phi) is 5.16. The fourth-order valence-corrected chi connectivity index (χ4v) is 2.63. The molecule has 0 bridgehead atoms. The molecule has 0 aliphatic heterocycles. The molecular weight excluding hydrogens is 230 g/mol. The van der Waals surface area contributed by atoms with Crippen LogP contribution < -0.4 is 10.1 Å². The van der Waals surface area contributed by atoms with Crippen molar-refractivity contribution in [2.24, 2.45) is 7.05 Å². The second-order valence-electron chi connectivity index (χ2n) is 4.42. The van der Waals surface area contributed by atoms with Gasteiger partial charge in [-0.15, -0.1) is 0 Å². The average molecular weight is 255 g/mol. The first kappa shape index (κ1) is 15.0. The molecular formula is C13H25N3O2. The van der Waals surface area contributed by atoms with Crippen LogP contribution in [0.1, 0.15) is 38.4 Å². The van der Waals surface area contributed by atoms with Gasteiger partial charge >= 0.3 is 0 Å². The first-order chi connectivity index (χ1) is 8.60. The highest BCUT2D eigenvalue weighted by molar-refractivity contribution is 5.30. The SMILES string of the molecule is CCC(CC)(OC)C(NC)c1c(OC)cnn1C. The lowest BCUT2D eigenvalue weighted by Gasteiger charge is -2.38. The van der Waals surface area contributed by atoms with E-state index in [0.29, 0.717) is 0 Å². The van der Waals surface area contributed by atoms with Crippen molar-refractivity contribution in [1.29, 1.82) is 0 Å². The maximum absolute atomic E-state index is 5.81. The maximum Gasteiger partial charge on any atom is 0.161 e. The molecule has 5 heteroatoms. The van der Waals surface area contributed by atoms with Gasteiger partial charge in [0.25, 0.3) is 0 Å². The van der Waals surface area contributed by atoms with Crippen LogP contribution in [0.4, 0.5) is 0 Å². The summed E-state index contributed by atoms with van der Waals surface area (Å²) in [5.74, 6) is 0.792. The summed E-state index contributed by atoms with van der Waals surface area (Å²) in [5.41, 5.74) is 0.765. The Bertz CT molecular complexity index is 364. The van der Waals surface area contributed by atoms with Gasteiger partial charge in [-0.3, -0.25) is 4.68 Å². The van der Waals surface area contributed by atoms with E-state index in [-0.39, 0.29) is 11.6 Å². The molecule has 0 saturated heterocycles. The van der Waals surface area contributed by atoms with Crippen molar-refractivity contribution in [2.75, 3.05) is 21.3 Å². The Hall–Kier alpha value is -1.07. The zero-order valence-corrected chi connectivity index (χ0v) is 12.3. The number of hydrogen-bond donors (Lipinski definition) is 1. The van der Waals surface area contributed by atoms with E-state index in [1.165, 1.54) is 0 Å². The van der Waals surface area contributed by atoms with Crippen molar-refractivity contribution in [1.82, 2.24) is 15.1 Å². The van der Waals surface area contributed by atoms with Gasteiger partial charge in [0.1, 0.15) is 0 Å². The molecule has 18 heavy (non-hydrogen) atoms. The zero-order valence-electron chi connectivity index (χ0n) is 12.3. The number of rotatable bonds is 7. The molecule has 1 atom stereocenters. The number of ether oxygens (including phenoxy) is 2. The van der Waals surface area contributed by atoms with Crippen molar-refractivity contribution in [2.45, 2.75) is 38.3 Å². The number of hydrogen-bond acceptors (Lipinski definition) is 4. The van der Waals surface area contributed by atoms with Crippen LogP contribution in [0, 0.1) is 0 Å². The fourth-order valence-electron chi connectivity index (χ4n) is 2.63. The molecule has 5 nitrogen and oxygen atoms in total. The van der Waals surface area contributed by atoms with Crippen LogP contribution in [-0.2, 0) is 11.8 Å². The fraction of sp³-hybridized carbons (Fsp3) is 0.769. The second-order valence-corrected chi connectivity index (χ2v) is 4.42. The summed E-state index contributed by atoms with van der Waals surface area (Å²) in [7, 11) is 7.30. The minimum Gasteiger partial charge on any atom is -0.493 e. The number of aromatic nitrogens is 2. The summed E-state index contributed by atoms with van der Waals surface area (Å²) >= 11 is 0. The van der Waals surface area contributed by atoms with Gasteiger partial charge < -0.3 is 14.8 Å². The first-order valence-electron chi connectivity index (χ1n) is 6.38. The number of nitrogens with one attached hydrogen (secondary N) is 1. The van der Waals surface area contributed by atoms with Gasteiger partial charge in [-0.2, -0.15) is 5.10 Å². The summed E-state index contributed by atoms with van der Waals surface area (Å²) in [6.45, 7) is 4.28. The molecule has 0 radical (unpaired) electrons. The molecule has 1 aromatic heterocycles. The molecule has 1 N–H and O–H groups in total. The van der Waals surface area contributed by atoms with Crippen molar-refractivity contribution >= 4 is 0 Å². The van der Waals surface area contributed by atoms with Gasteiger partial charge in [-0.05, 0) is 19.9 Å². The molecule has 1 unspecified atom stereocenters. The van der Waals surface area contributed by atoms with Crippen molar-refractivity contribution in [3.8, 4) is 5.75 Å². The quantitative estimate of drug-likeness (QED) is 0.808. The number of nitrogens with zero attached hydrogens (tertiary/aromatic N) is 2. The van der Waals surface area contributed by atoms with Crippen molar-refractivity contribution in [3.05, 3.63) is 11.9 Å². The lowest BCUT2D eigenvalue weighted by molar-refractivity contribution is -0.0491. The van der Waals surface area contributed by atoms with Crippen molar-refractivity contribution < 1.29 is 9.47 Å². The first-order valence-corrected chi connectivity index (χ1v) is 6.38. The van der Waals surface area contributed by atoms with Crippen molar-refractivity contribution in [3.63, 3.8) is 0 Å². The van der Waals surface area contributed by atoms with E-state index in [0.717, 1.165) is 24.3 Å². The summed E-state index contributed by atoms with van der Waals surface area (Å²) < 4.78 is 13.1. The lowest BCUT2D eigenvalue weighted by atomic mass is 9.86. The summed E-state index contributed by atoms with van der Waals surface area (Å²) in [6.07, 6.45) is 3.57. The van der Waals surface area contributed by atoms with E-state index < -0.39 is 0 Å². The smallest absolute Gasteiger partial charge is 0.161 e. The van der Waals surface area contributed by atoms with Gasteiger partial charge in [0.05, 0.1) is 30.6 Å². The topological polar surface area (TPSA) is 48.3 Å². The normalized spacial score (nSPS) is 13.7. The minimum absolute atomic E-state index is 0.0416. The van der Waals surface area contributed by atoms with Crippen LogP contribution in [0.15, 0.2) is 6.20 Å². The lowest BCUT2D eigenvalue weighted by Crippen LogP contribution is -2.44. The number of methoxy groups -OCH3 is 2. The Morgan fingerprint density at radius 2 is 2.00 bits per heavy atom. The number of likely N-dealkylation sites (N-methyl/N-ethyl adjacent to an activating group) is 1. The van der Waals surface area contributed by atoms with Gasteiger partial charge in [-0.1, -0.05) is 13.8 Å². The largest absolute Gasteiger partial charge is 0.493 e. The monoisotopic (exact) mass is 255 g/mol. The van der Waals surface area contributed by atoms with Crippen LogP contribution in [0.5, 0.6) is 5.75 Å². The number of aryl methyl sites for hydroxylation is 1. The molecule has 0 saturated carbocycles. The highest BCUT2D eigenvalue weighted by atomic mass is 16.5. The molecule has 0 fully saturated rings. The highest BCUT2D eigenvalue weighted by Crippen LogP contribution is 2.38. The van der Waals surface area contributed by atoms with E-state index in [2.05, 4.69) is 24.3 Å². The molecule has 0 amide bonds. The van der Waals surface area contributed by atoms with Crippen LogP contribution in [-0.4, -0.2) is 36.6 Å². The third-order valence-corrected chi connectivity index (χ3v) is 3.86. The molecule has 1 rings (SSSR count). The third kappa shape index (κ3) is 2.37. The zero-order chi connectivity index (χ0) is 13.8. The van der Waals surface area contributed by atoms with E-state index in [9.17, 15) is 0 Å². The molecule has 0 aromatic carbocycles. The Morgan fingerprint density at radius 3 is 2.39 bits per heavy atom. The van der Waals surface area contributed by atoms with Crippen LogP contribution in [0.25, 0.3) is 0 Å². The Labute approximate surface area is 109 Å². The molecule has 0 aliphatic rings. The molecule has 104 valence electrons. The van der Waals surface area contributed by atoms with E-state index in [4.69, 9.17) is 9.47 Å². The van der Waals surface area contributed by atoms with Gasteiger partial charge in [0.2, 0.25) is 0 Å². The molecule has 0 spiro atoms. The van der Waals surface area contributed by atoms with Crippen LogP contribution in [0.3, 0.4) is 0 Å². The van der Waals surface area contributed by atoms with E-state index in [1.807, 2.05) is 18.8 Å². The second kappa shape index (κ2) is 6.20. The molecule has 0 aliphatic carbocycles. The predicted molar refractivity (Wildman–Crippen MR) is 71.9 cm³/mol. The predicted octanol–water partition coefficient (Wildman–Crippen LogP) is 1.89. The van der Waals surface area contributed by atoms with E-state index >= 15 is 0 Å². The summed E-state index contributed by atoms with van der Waals surface area (Å²) in [6, 6.07) is 0.0416. The van der Waals surface area contributed by atoms with Gasteiger partial charge in [-0.25, -0.2) is 0 Å². The average Bonchev–Trinajstić information content (AvgIpc) is 2.77. The summed E-state index contributed by atoms with van der Waals surface area (Å²) in [5, 5.41) is 7.62. The Balaban J connectivity index is 3.27. The van der Waals surface area contributed by atoms with Gasteiger partial charge in [0.15, 0.2) is 5.75 Å². The summed E-state index contributed by atoms with van der Waals surface area (Å²) in [4.78, 5) is 0.